The second-order valence-electron chi connectivity index (χ2n) is 9.08. The highest BCUT2D eigenvalue weighted by atomic mass is 32.2. The Morgan fingerprint density at radius 3 is 2.62 bits per heavy atom. The smallest absolute Gasteiger partial charge is 0.173 e. The van der Waals surface area contributed by atoms with Gasteiger partial charge in [0, 0.05) is 18.5 Å². The number of methoxy groups -OCH3 is 2. The van der Waals surface area contributed by atoms with E-state index in [2.05, 4.69) is 4.90 Å². The summed E-state index contributed by atoms with van der Waals surface area (Å²) >= 11 is 0. The van der Waals surface area contributed by atoms with E-state index >= 15 is 0 Å². The molecule has 1 aromatic rings. The monoisotopic (exact) mass is 463 g/mol. The van der Waals surface area contributed by atoms with Crippen molar-refractivity contribution in [1.82, 2.24) is 4.90 Å². The van der Waals surface area contributed by atoms with E-state index in [1.165, 1.54) is 0 Å². The van der Waals surface area contributed by atoms with Crippen molar-refractivity contribution in [2.45, 2.75) is 37.5 Å². The van der Waals surface area contributed by atoms with Gasteiger partial charge in [-0.1, -0.05) is 6.07 Å². The molecule has 1 saturated carbocycles. The number of ether oxygens (including phenoxy) is 4. The van der Waals surface area contributed by atoms with E-state index in [9.17, 15) is 13.2 Å². The van der Waals surface area contributed by atoms with Crippen LogP contribution in [0.25, 0.3) is 5.57 Å². The van der Waals surface area contributed by atoms with E-state index in [-0.39, 0.29) is 47.4 Å². The number of rotatable bonds is 4. The van der Waals surface area contributed by atoms with Gasteiger partial charge in [-0.15, -0.1) is 0 Å². The maximum absolute atomic E-state index is 13.5. The van der Waals surface area contributed by atoms with Gasteiger partial charge in [0.25, 0.3) is 0 Å². The van der Waals surface area contributed by atoms with Crippen molar-refractivity contribution in [3.8, 4) is 11.5 Å². The molecule has 5 rings (SSSR count). The highest BCUT2D eigenvalue weighted by Crippen LogP contribution is 2.43. The molecule has 2 saturated heterocycles. The van der Waals surface area contributed by atoms with Crippen molar-refractivity contribution in [3.05, 3.63) is 30.0 Å². The van der Waals surface area contributed by atoms with Crippen LogP contribution in [0.2, 0.25) is 0 Å². The molecular weight excluding hydrogens is 434 g/mol. The lowest BCUT2D eigenvalue weighted by Crippen LogP contribution is -2.58. The Morgan fingerprint density at radius 2 is 1.91 bits per heavy atom. The predicted octanol–water partition coefficient (Wildman–Crippen LogP) is 1.88. The van der Waals surface area contributed by atoms with Gasteiger partial charge in [0.15, 0.2) is 27.1 Å². The molecule has 3 aliphatic heterocycles. The average Bonchev–Trinajstić information content (AvgIpc) is 3.18. The van der Waals surface area contributed by atoms with E-state index in [0.29, 0.717) is 43.2 Å². The lowest BCUT2D eigenvalue weighted by Gasteiger charge is -2.49. The number of Topliss-reactive ketones (excluding diaryl/α,β-unsaturated/α-hetero) is 1. The van der Waals surface area contributed by atoms with Crippen LogP contribution in [0, 0.1) is 11.8 Å². The van der Waals surface area contributed by atoms with E-state index in [1.54, 1.807) is 32.6 Å². The Balaban J connectivity index is 1.36. The SMILES string of the molecule is COc1ccc(C2=COC3C(CCC4OCN(C5CCS(=O)(=O)C5)CC43)C2=O)cc1OC. The molecule has 0 N–H and O–H groups in total. The third kappa shape index (κ3) is 3.80. The molecule has 0 bridgehead atoms. The first-order valence-corrected chi connectivity index (χ1v) is 12.9. The third-order valence-electron chi connectivity index (χ3n) is 7.32. The molecular formula is C23H29NO7S. The van der Waals surface area contributed by atoms with Crippen LogP contribution in [-0.4, -0.2) is 76.4 Å². The van der Waals surface area contributed by atoms with Gasteiger partial charge in [0.2, 0.25) is 0 Å². The van der Waals surface area contributed by atoms with Gasteiger partial charge in [-0.05, 0) is 37.0 Å². The number of carbonyl (C=O) groups excluding carboxylic acids is 1. The molecule has 174 valence electrons. The summed E-state index contributed by atoms with van der Waals surface area (Å²) in [6.07, 6.45) is 3.51. The molecule has 9 heteroatoms. The van der Waals surface area contributed by atoms with Crippen molar-refractivity contribution in [2.75, 3.05) is 39.0 Å². The minimum Gasteiger partial charge on any atom is -0.496 e. The average molecular weight is 464 g/mol. The lowest BCUT2D eigenvalue weighted by atomic mass is 9.71. The number of benzene rings is 1. The molecule has 0 amide bonds. The third-order valence-corrected chi connectivity index (χ3v) is 9.07. The molecule has 1 aliphatic carbocycles. The number of nitrogens with zero attached hydrogens (tertiary/aromatic N) is 1. The van der Waals surface area contributed by atoms with Crippen LogP contribution < -0.4 is 9.47 Å². The highest BCUT2D eigenvalue weighted by molar-refractivity contribution is 7.91. The topological polar surface area (TPSA) is 91.4 Å². The van der Waals surface area contributed by atoms with Gasteiger partial charge < -0.3 is 18.9 Å². The summed E-state index contributed by atoms with van der Waals surface area (Å²) < 4.78 is 46.9. The summed E-state index contributed by atoms with van der Waals surface area (Å²) in [7, 11) is 0.175. The zero-order valence-electron chi connectivity index (χ0n) is 18.4. The fourth-order valence-electron chi connectivity index (χ4n) is 5.59. The molecule has 1 aromatic carbocycles. The Hall–Kier alpha value is -2.10. The van der Waals surface area contributed by atoms with Gasteiger partial charge in [0.1, 0.15) is 6.10 Å². The predicted molar refractivity (Wildman–Crippen MR) is 117 cm³/mol. The fraction of sp³-hybridized carbons (Fsp3) is 0.609. The van der Waals surface area contributed by atoms with Gasteiger partial charge in [-0.2, -0.15) is 0 Å². The van der Waals surface area contributed by atoms with E-state index in [0.717, 1.165) is 12.0 Å². The van der Waals surface area contributed by atoms with Crippen LogP contribution in [0.4, 0.5) is 0 Å². The van der Waals surface area contributed by atoms with Crippen LogP contribution in [0.5, 0.6) is 11.5 Å². The molecule has 0 spiro atoms. The van der Waals surface area contributed by atoms with E-state index in [1.807, 2.05) is 6.07 Å². The van der Waals surface area contributed by atoms with E-state index in [4.69, 9.17) is 18.9 Å². The van der Waals surface area contributed by atoms with Crippen molar-refractivity contribution in [1.29, 1.82) is 0 Å². The maximum atomic E-state index is 13.5. The molecule has 5 unspecified atom stereocenters. The van der Waals surface area contributed by atoms with Crippen LogP contribution in [0.15, 0.2) is 24.5 Å². The Morgan fingerprint density at radius 1 is 1.09 bits per heavy atom. The number of hydrogen-bond acceptors (Lipinski definition) is 8. The second-order valence-corrected chi connectivity index (χ2v) is 11.3. The highest BCUT2D eigenvalue weighted by Gasteiger charge is 2.50. The summed E-state index contributed by atoms with van der Waals surface area (Å²) in [6, 6.07) is 5.41. The molecule has 32 heavy (non-hydrogen) atoms. The van der Waals surface area contributed by atoms with Crippen LogP contribution in [0.1, 0.15) is 24.8 Å². The van der Waals surface area contributed by atoms with E-state index < -0.39 is 9.84 Å². The van der Waals surface area contributed by atoms with Gasteiger partial charge >= 0.3 is 0 Å². The number of allylic oxidation sites excluding steroid dienone is 1. The summed E-state index contributed by atoms with van der Waals surface area (Å²) in [6.45, 7) is 1.14. The van der Waals surface area contributed by atoms with Crippen molar-refractivity contribution < 1.29 is 32.2 Å². The molecule has 5 atom stereocenters. The normalized spacial score (nSPS) is 34.1. The first-order chi connectivity index (χ1) is 15.4. The quantitative estimate of drug-likeness (QED) is 0.669. The molecule has 3 heterocycles. The summed E-state index contributed by atoms with van der Waals surface area (Å²) in [5.41, 5.74) is 1.28. The molecule has 3 fully saturated rings. The van der Waals surface area contributed by atoms with Crippen LogP contribution in [-0.2, 0) is 24.1 Å². The Kier molecular flexibility index (Phi) is 5.67. The minimum absolute atomic E-state index is 0.0153. The van der Waals surface area contributed by atoms with Gasteiger partial charge in [-0.25, -0.2) is 8.42 Å². The number of fused-ring (bicyclic) bond motifs is 3. The second kappa shape index (κ2) is 8.35. The van der Waals surface area contributed by atoms with Crippen molar-refractivity contribution in [3.63, 3.8) is 0 Å². The standard InChI is InChI=1S/C23H29NO7S/c1-28-20-5-3-14(9-21(20)29-2)18-11-30-23-16(22(18)25)4-6-19-17(23)10-24(13-31-19)15-7-8-32(26,27)12-15/h3,5,9,11,15-17,19,23H,4,6-8,10,12-13H2,1-2H3. The molecule has 8 nitrogen and oxygen atoms in total. The van der Waals surface area contributed by atoms with Gasteiger partial charge in [-0.3, -0.25) is 9.69 Å². The summed E-state index contributed by atoms with van der Waals surface area (Å²) in [5.74, 6) is 1.47. The van der Waals surface area contributed by atoms with Crippen molar-refractivity contribution >= 4 is 21.2 Å². The van der Waals surface area contributed by atoms with Gasteiger partial charge in [0.05, 0.1) is 56.3 Å². The minimum atomic E-state index is -2.97. The summed E-state index contributed by atoms with van der Waals surface area (Å²) in [5, 5.41) is 0. The first-order valence-electron chi connectivity index (χ1n) is 11.1. The summed E-state index contributed by atoms with van der Waals surface area (Å²) in [4.78, 5) is 15.6. The maximum Gasteiger partial charge on any atom is 0.173 e. The number of hydrogen-bond donors (Lipinski definition) is 0. The lowest BCUT2D eigenvalue weighted by molar-refractivity contribution is -0.175. The van der Waals surface area contributed by atoms with Crippen LogP contribution in [0.3, 0.4) is 0 Å². The molecule has 4 aliphatic rings. The molecule has 0 radical (unpaired) electrons. The first kappa shape index (κ1) is 21.7. The van der Waals surface area contributed by atoms with Crippen LogP contribution >= 0.6 is 0 Å². The largest absolute Gasteiger partial charge is 0.496 e. The van der Waals surface area contributed by atoms with Crippen molar-refractivity contribution in [2.24, 2.45) is 11.8 Å². The fourth-order valence-corrected chi connectivity index (χ4v) is 7.35. The number of ketones is 1. The Labute approximate surface area is 188 Å². The number of sulfone groups is 1. The molecule has 0 aromatic heterocycles. The Bertz CT molecular complexity index is 1040. The number of carbonyl (C=O) groups is 1. The zero-order valence-corrected chi connectivity index (χ0v) is 19.2. The zero-order chi connectivity index (χ0) is 22.5.